The maximum Gasteiger partial charge on any atom is 0.0664 e. The van der Waals surface area contributed by atoms with Crippen LogP contribution in [0.3, 0.4) is 0 Å². The van der Waals surface area contributed by atoms with Crippen molar-refractivity contribution in [1.29, 1.82) is 0 Å². The summed E-state index contributed by atoms with van der Waals surface area (Å²) in [5.41, 5.74) is 0.405. The van der Waals surface area contributed by atoms with Crippen molar-refractivity contribution in [2.45, 2.75) is 96.8 Å². The van der Waals surface area contributed by atoms with Crippen LogP contribution < -0.4 is 5.32 Å². The lowest BCUT2D eigenvalue weighted by Crippen LogP contribution is -2.64. The van der Waals surface area contributed by atoms with E-state index >= 15 is 0 Å². The van der Waals surface area contributed by atoms with E-state index in [0.29, 0.717) is 23.7 Å². The van der Waals surface area contributed by atoms with Crippen molar-refractivity contribution >= 4 is 0 Å². The molecule has 0 aromatic heterocycles. The molecule has 0 bridgehead atoms. The zero-order chi connectivity index (χ0) is 13.7. The number of hydrogen-bond acceptors (Lipinski definition) is 2. The molecule has 19 heavy (non-hydrogen) atoms. The first-order chi connectivity index (χ1) is 9.26. The molecule has 0 amide bonds. The van der Waals surface area contributed by atoms with Crippen molar-refractivity contribution in [3.05, 3.63) is 0 Å². The third kappa shape index (κ3) is 3.16. The van der Waals surface area contributed by atoms with Crippen molar-refractivity contribution < 1.29 is 4.74 Å². The molecule has 2 fully saturated rings. The van der Waals surface area contributed by atoms with Gasteiger partial charge in [-0.05, 0) is 38.6 Å². The maximum atomic E-state index is 6.54. The molecule has 2 heteroatoms. The van der Waals surface area contributed by atoms with E-state index in [0.717, 1.165) is 6.54 Å². The van der Waals surface area contributed by atoms with Crippen LogP contribution in [0.15, 0.2) is 0 Å². The first-order valence-corrected chi connectivity index (χ1v) is 8.65. The van der Waals surface area contributed by atoms with Crippen LogP contribution in [0.4, 0.5) is 0 Å². The quantitative estimate of drug-likeness (QED) is 0.725. The van der Waals surface area contributed by atoms with E-state index in [1.165, 1.54) is 57.8 Å². The van der Waals surface area contributed by atoms with Gasteiger partial charge in [-0.2, -0.15) is 0 Å². The molecule has 0 heterocycles. The van der Waals surface area contributed by atoms with E-state index in [1.54, 1.807) is 0 Å². The van der Waals surface area contributed by atoms with E-state index < -0.39 is 0 Å². The number of hydrogen-bond donors (Lipinski definition) is 1. The van der Waals surface area contributed by atoms with E-state index in [1.807, 2.05) is 0 Å². The summed E-state index contributed by atoms with van der Waals surface area (Å²) in [6, 6.07) is 0.684. The van der Waals surface area contributed by atoms with Crippen LogP contribution >= 0.6 is 0 Å². The smallest absolute Gasteiger partial charge is 0.0664 e. The summed E-state index contributed by atoms with van der Waals surface area (Å²) in [5.74, 6) is 0. The zero-order valence-corrected chi connectivity index (χ0v) is 13.2. The molecule has 0 aromatic rings. The van der Waals surface area contributed by atoms with Gasteiger partial charge in [0.1, 0.15) is 0 Å². The summed E-state index contributed by atoms with van der Waals surface area (Å²) < 4.78 is 6.54. The van der Waals surface area contributed by atoms with Crippen LogP contribution in [0.5, 0.6) is 0 Å². The molecule has 0 aliphatic heterocycles. The second-order valence-electron chi connectivity index (χ2n) is 6.52. The predicted molar refractivity (Wildman–Crippen MR) is 81.5 cm³/mol. The van der Waals surface area contributed by atoms with Crippen LogP contribution in [-0.4, -0.2) is 24.8 Å². The van der Waals surface area contributed by atoms with Gasteiger partial charge in [0.25, 0.3) is 0 Å². The molecule has 0 spiro atoms. The molecular formula is C17H33NO. The molecule has 112 valence electrons. The van der Waals surface area contributed by atoms with Crippen molar-refractivity contribution in [1.82, 2.24) is 5.32 Å². The minimum absolute atomic E-state index is 0.405. The third-order valence-electron chi connectivity index (χ3n) is 5.71. The highest BCUT2D eigenvalue weighted by molar-refractivity contribution is 5.06. The average Bonchev–Trinajstić information content (AvgIpc) is 2.68. The normalized spacial score (nSPS) is 31.7. The highest BCUT2D eigenvalue weighted by Gasteiger charge is 2.53. The van der Waals surface area contributed by atoms with Crippen LogP contribution in [-0.2, 0) is 4.74 Å². The van der Waals surface area contributed by atoms with E-state index in [9.17, 15) is 0 Å². The predicted octanol–water partition coefficient (Wildman–Crippen LogP) is 4.28. The first kappa shape index (κ1) is 15.3. The van der Waals surface area contributed by atoms with Gasteiger partial charge in [0.05, 0.1) is 12.2 Å². The van der Waals surface area contributed by atoms with Gasteiger partial charge in [-0.1, -0.05) is 46.5 Å². The molecule has 0 saturated heterocycles. The van der Waals surface area contributed by atoms with Crippen molar-refractivity contribution in [2.75, 3.05) is 6.54 Å². The summed E-state index contributed by atoms with van der Waals surface area (Å²) in [6.45, 7) is 7.99. The number of rotatable bonds is 6. The molecule has 1 N–H and O–H groups in total. The Labute approximate surface area is 119 Å². The van der Waals surface area contributed by atoms with Gasteiger partial charge in [0.15, 0.2) is 0 Å². The van der Waals surface area contributed by atoms with E-state index in [2.05, 4.69) is 26.1 Å². The van der Waals surface area contributed by atoms with Gasteiger partial charge in [0.2, 0.25) is 0 Å². The topological polar surface area (TPSA) is 21.3 Å². The lowest BCUT2D eigenvalue weighted by Gasteiger charge is -2.56. The molecule has 2 aliphatic rings. The fourth-order valence-electron chi connectivity index (χ4n) is 4.28. The van der Waals surface area contributed by atoms with Crippen LogP contribution in [0.2, 0.25) is 0 Å². The van der Waals surface area contributed by atoms with Crippen molar-refractivity contribution in [3.8, 4) is 0 Å². The minimum Gasteiger partial charge on any atom is -0.374 e. The van der Waals surface area contributed by atoms with Gasteiger partial charge < -0.3 is 10.1 Å². The van der Waals surface area contributed by atoms with Gasteiger partial charge >= 0.3 is 0 Å². The Hall–Kier alpha value is -0.0800. The summed E-state index contributed by atoms with van der Waals surface area (Å²) in [7, 11) is 0. The molecule has 2 rings (SSSR count). The fraction of sp³-hybridized carbons (Fsp3) is 1.00. The highest BCUT2D eigenvalue weighted by Crippen LogP contribution is 2.49. The molecule has 2 aliphatic carbocycles. The maximum absolute atomic E-state index is 6.54. The van der Waals surface area contributed by atoms with Crippen LogP contribution in [0.25, 0.3) is 0 Å². The lowest BCUT2D eigenvalue weighted by atomic mass is 9.58. The Morgan fingerprint density at radius 3 is 2.16 bits per heavy atom. The van der Waals surface area contributed by atoms with Gasteiger partial charge in [0, 0.05) is 11.5 Å². The summed E-state index contributed by atoms with van der Waals surface area (Å²) in [4.78, 5) is 0. The SMILES string of the molecule is CCNC1CC(OC2CCCCCC2)C1(CC)CC. The number of nitrogens with one attached hydrogen (secondary N) is 1. The summed E-state index contributed by atoms with van der Waals surface area (Å²) in [5, 5.41) is 3.67. The van der Waals surface area contributed by atoms with Gasteiger partial charge in [-0.15, -0.1) is 0 Å². The van der Waals surface area contributed by atoms with Crippen molar-refractivity contribution in [3.63, 3.8) is 0 Å². The third-order valence-corrected chi connectivity index (χ3v) is 5.71. The molecule has 2 nitrogen and oxygen atoms in total. The van der Waals surface area contributed by atoms with Crippen molar-refractivity contribution in [2.24, 2.45) is 5.41 Å². The van der Waals surface area contributed by atoms with Crippen LogP contribution in [0, 0.1) is 5.41 Å². The Morgan fingerprint density at radius 1 is 1.00 bits per heavy atom. The minimum atomic E-state index is 0.405. The summed E-state index contributed by atoms with van der Waals surface area (Å²) >= 11 is 0. The Morgan fingerprint density at radius 2 is 1.63 bits per heavy atom. The molecular weight excluding hydrogens is 234 g/mol. The average molecular weight is 267 g/mol. The lowest BCUT2D eigenvalue weighted by molar-refractivity contribution is -0.168. The molecule has 0 radical (unpaired) electrons. The standard InChI is InChI=1S/C17H33NO/c1-4-17(5-2)15(18-6-3)13-16(17)19-14-11-9-7-8-10-12-14/h14-16,18H,4-13H2,1-3H3. The fourth-order valence-corrected chi connectivity index (χ4v) is 4.28. The number of ether oxygens (including phenoxy) is 1. The molecule has 2 atom stereocenters. The monoisotopic (exact) mass is 267 g/mol. The first-order valence-electron chi connectivity index (χ1n) is 8.65. The second kappa shape index (κ2) is 7.08. The van der Waals surface area contributed by atoms with Gasteiger partial charge in [-0.3, -0.25) is 0 Å². The second-order valence-corrected chi connectivity index (χ2v) is 6.52. The van der Waals surface area contributed by atoms with E-state index in [-0.39, 0.29) is 0 Å². The van der Waals surface area contributed by atoms with E-state index in [4.69, 9.17) is 4.74 Å². The largest absolute Gasteiger partial charge is 0.374 e. The Balaban J connectivity index is 1.92. The molecule has 2 saturated carbocycles. The highest BCUT2D eigenvalue weighted by atomic mass is 16.5. The summed E-state index contributed by atoms with van der Waals surface area (Å²) in [6.07, 6.45) is 13.0. The molecule has 0 aromatic carbocycles. The molecule has 2 unspecified atom stereocenters. The van der Waals surface area contributed by atoms with Crippen LogP contribution in [0.1, 0.15) is 78.6 Å². The van der Waals surface area contributed by atoms with Gasteiger partial charge in [-0.25, -0.2) is 0 Å². The zero-order valence-electron chi connectivity index (χ0n) is 13.2. The Kier molecular flexibility index (Phi) is 5.70. The Bertz CT molecular complexity index is 254.